The molecule has 0 aromatic heterocycles. The van der Waals surface area contributed by atoms with Crippen LogP contribution in [0.25, 0.3) is 0 Å². The molecule has 7 nitrogen and oxygen atoms in total. The van der Waals surface area contributed by atoms with Gasteiger partial charge in [0.15, 0.2) is 11.9 Å². The number of cyclic esters (lactones) is 1. The molecule has 1 heterocycles. The molecule has 1 aliphatic heterocycles. The molecule has 2 aliphatic rings. The number of carbonyl (C=O) groups is 1. The summed E-state index contributed by atoms with van der Waals surface area (Å²) in [5.74, 6) is -1.41. The number of carbonyl (C=O) groups excluding carboxylic acids is 1. The van der Waals surface area contributed by atoms with Gasteiger partial charge in [-0.2, -0.15) is 0 Å². The van der Waals surface area contributed by atoms with Crippen LogP contribution in [0, 0.1) is 0 Å². The van der Waals surface area contributed by atoms with E-state index in [0.29, 0.717) is 0 Å². The SMILES string of the molecule is O=C1O[C@H]([C@@H](O)CO)C(OC2CCCCC2)=C1OO. The molecule has 2 rings (SSSR count). The van der Waals surface area contributed by atoms with Gasteiger partial charge in [0.25, 0.3) is 5.76 Å². The summed E-state index contributed by atoms with van der Waals surface area (Å²) in [6.07, 6.45) is 2.30. The summed E-state index contributed by atoms with van der Waals surface area (Å²) in [5.41, 5.74) is 0. The van der Waals surface area contributed by atoms with Crippen LogP contribution < -0.4 is 0 Å². The monoisotopic (exact) mass is 274 g/mol. The van der Waals surface area contributed by atoms with E-state index in [-0.39, 0.29) is 11.9 Å². The molecule has 0 unspecified atom stereocenters. The second-order valence-electron chi connectivity index (χ2n) is 4.74. The first-order valence-corrected chi connectivity index (χ1v) is 6.39. The number of hydrogen-bond donors (Lipinski definition) is 3. The van der Waals surface area contributed by atoms with Gasteiger partial charge in [-0.05, 0) is 25.7 Å². The highest BCUT2D eigenvalue weighted by molar-refractivity contribution is 5.89. The number of rotatable bonds is 5. The second kappa shape index (κ2) is 6.23. The molecule has 0 radical (unpaired) electrons. The third kappa shape index (κ3) is 2.99. The van der Waals surface area contributed by atoms with Crippen molar-refractivity contribution < 1.29 is 34.6 Å². The van der Waals surface area contributed by atoms with Gasteiger partial charge in [0, 0.05) is 0 Å². The van der Waals surface area contributed by atoms with Crippen molar-refractivity contribution in [3.63, 3.8) is 0 Å². The van der Waals surface area contributed by atoms with Crippen LogP contribution >= 0.6 is 0 Å². The van der Waals surface area contributed by atoms with Crippen molar-refractivity contribution in [3.8, 4) is 0 Å². The molecule has 3 N–H and O–H groups in total. The van der Waals surface area contributed by atoms with E-state index in [9.17, 15) is 9.90 Å². The molecule has 1 fully saturated rings. The van der Waals surface area contributed by atoms with E-state index in [1.807, 2.05) is 0 Å². The Hall–Kier alpha value is -1.31. The van der Waals surface area contributed by atoms with E-state index in [2.05, 4.69) is 4.89 Å². The van der Waals surface area contributed by atoms with Crippen molar-refractivity contribution in [1.29, 1.82) is 0 Å². The lowest BCUT2D eigenvalue weighted by molar-refractivity contribution is -0.211. The zero-order valence-electron chi connectivity index (χ0n) is 10.4. The fraction of sp³-hybridized carbons (Fsp3) is 0.750. The molecule has 1 saturated carbocycles. The van der Waals surface area contributed by atoms with E-state index in [4.69, 9.17) is 19.8 Å². The summed E-state index contributed by atoms with van der Waals surface area (Å²) < 4.78 is 10.5. The zero-order valence-corrected chi connectivity index (χ0v) is 10.4. The largest absolute Gasteiger partial charge is 0.487 e. The molecule has 0 saturated heterocycles. The highest BCUT2D eigenvalue weighted by Gasteiger charge is 2.43. The quantitative estimate of drug-likeness (QED) is 0.376. The van der Waals surface area contributed by atoms with Gasteiger partial charge in [0.05, 0.1) is 12.7 Å². The zero-order chi connectivity index (χ0) is 13.8. The summed E-state index contributed by atoms with van der Waals surface area (Å²) in [4.78, 5) is 15.4. The maximum atomic E-state index is 11.5. The number of hydrogen-bond acceptors (Lipinski definition) is 7. The Kier molecular flexibility index (Phi) is 4.62. The minimum Gasteiger partial charge on any atom is -0.487 e. The van der Waals surface area contributed by atoms with Crippen molar-refractivity contribution in [2.45, 2.75) is 50.4 Å². The molecular weight excluding hydrogens is 256 g/mol. The lowest BCUT2D eigenvalue weighted by atomic mass is 9.97. The predicted octanol–water partition coefficient (Wildman–Crippen LogP) is 0.315. The van der Waals surface area contributed by atoms with Gasteiger partial charge >= 0.3 is 5.97 Å². The number of esters is 1. The standard InChI is InChI=1S/C12H18O7/c13-6-8(14)9-10(11(19-16)12(15)18-9)17-7-4-2-1-3-5-7/h7-9,13-14,16H,1-6H2/t8-,9+/m0/s1. The third-order valence-corrected chi connectivity index (χ3v) is 3.38. The Morgan fingerprint density at radius 1 is 1.32 bits per heavy atom. The van der Waals surface area contributed by atoms with Crippen LogP contribution in [0.5, 0.6) is 0 Å². The average Bonchev–Trinajstić information content (AvgIpc) is 2.75. The maximum Gasteiger partial charge on any atom is 0.382 e. The molecule has 7 heteroatoms. The summed E-state index contributed by atoms with van der Waals surface area (Å²) in [5, 5.41) is 27.3. The third-order valence-electron chi connectivity index (χ3n) is 3.38. The minimum atomic E-state index is -1.31. The molecule has 108 valence electrons. The number of aliphatic hydroxyl groups is 2. The molecule has 19 heavy (non-hydrogen) atoms. The number of aliphatic hydroxyl groups excluding tert-OH is 2. The summed E-state index contributed by atoms with van der Waals surface area (Å²) in [7, 11) is 0. The van der Waals surface area contributed by atoms with Crippen molar-refractivity contribution in [1.82, 2.24) is 0 Å². The molecule has 0 aromatic rings. The topological polar surface area (TPSA) is 105 Å². The van der Waals surface area contributed by atoms with Crippen LogP contribution in [0.3, 0.4) is 0 Å². The van der Waals surface area contributed by atoms with Crippen molar-refractivity contribution >= 4 is 5.97 Å². The predicted molar refractivity (Wildman–Crippen MR) is 61.7 cm³/mol. The Balaban J connectivity index is 2.14. The van der Waals surface area contributed by atoms with Crippen LogP contribution in [0.15, 0.2) is 11.5 Å². The van der Waals surface area contributed by atoms with E-state index in [1.54, 1.807) is 0 Å². The van der Waals surface area contributed by atoms with Crippen LogP contribution in [0.2, 0.25) is 0 Å². The summed E-state index contributed by atoms with van der Waals surface area (Å²) >= 11 is 0. The summed E-state index contributed by atoms with van der Waals surface area (Å²) in [6, 6.07) is 0. The van der Waals surface area contributed by atoms with Gasteiger partial charge in [-0.1, -0.05) is 6.42 Å². The van der Waals surface area contributed by atoms with Gasteiger partial charge in [-0.3, -0.25) is 0 Å². The van der Waals surface area contributed by atoms with E-state index in [0.717, 1.165) is 32.1 Å². The molecule has 0 amide bonds. The average molecular weight is 274 g/mol. The van der Waals surface area contributed by atoms with E-state index < -0.39 is 30.5 Å². The fourth-order valence-electron chi connectivity index (χ4n) is 2.37. The normalized spacial score (nSPS) is 26.3. The molecule has 0 aromatic carbocycles. The van der Waals surface area contributed by atoms with Gasteiger partial charge in [0.1, 0.15) is 6.10 Å². The summed E-state index contributed by atoms with van der Waals surface area (Å²) in [6.45, 7) is -0.589. The number of ether oxygens (including phenoxy) is 2. The van der Waals surface area contributed by atoms with Gasteiger partial charge in [-0.25, -0.2) is 10.1 Å². The van der Waals surface area contributed by atoms with Gasteiger partial charge in [0.2, 0.25) is 0 Å². The Labute approximate surface area is 110 Å². The van der Waals surface area contributed by atoms with Crippen molar-refractivity contribution in [2.75, 3.05) is 6.61 Å². The molecule has 0 spiro atoms. The van der Waals surface area contributed by atoms with Crippen LogP contribution in [0.4, 0.5) is 0 Å². The highest BCUT2D eigenvalue weighted by Crippen LogP contribution is 2.31. The lowest BCUT2D eigenvalue weighted by Crippen LogP contribution is -2.33. The highest BCUT2D eigenvalue weighted by atomic mass is 17.1. The fourth-order valence-corrected chi connectivity index (χ4v) is 2.37. The second-order valence-corrected chi connectivity index (χ2v) is 4.74. The first kappa shape index (κ1) is 14.1. The van der Waals surface area contributed by atoms with E-state index in [1.165, 1.54) is 0 Å². The Bertz CT molecular complexity index is 359. The van der Waals surface area contributed by atoms with Crippen molar-refractivity contribution in [2.24, 2.45) is 0 Å². The van der Waals surface area contributed by atoms with Gasteiger partial charge in [-0.15, -0.1) is 0 Å². The van der Waals surface area contributed by atoms with E-state index >= 15 is 0 Å². The lowest BCUT2D eigenvalue weighted by Gasteiger charge is -2.26. The molecular formula is C12H18O7. The molecule has 0 bridgehead atoms. The first-order valence-electron chi connectivity index (χ1n) is 6.39. The Morgan fingerprint density at radius 3 is 2.58 bits per heavy atom. The van der Waals surface area contributed by atoms with Crippen LogP contribution in [0.1, 0.15) is 32.1 Å². The first-order chi connectivity index (χ1) is 9.17. The van der Waals surface area contributed by atoms with Crippen molar-refractivity contribution in [3.05, 3.63) is 11.5 Å². The van der Waals surface area contributed by atoms with Crippen LogP contribution in [-0.2, 0) is 19.2 Å². The molecule has 1 aliphatic carbocycles. The smallest absolute Gasteiger partial charge is 0.382 e. The minimum absolute atomic E-state index is 0.0408. The Morgan fingerprint density at radius 2 is 2.00 bits per heavy atom. The van der Waals surface area contributed by atoms with Gasteiger partial charge < -0.3 is 24.6 Å². The molecule has 2 atom stereocenters. The maximum absolute atomic E-state index is 11.5. The van der Waals surface area contributed by atoms with Crippen LogP contribution in [-0.4, -0.2) is 46.4 Å².